The molecule has 0 aliphatic heterocycles. The number of benzene rings is 2. The predicted octanol–water partition coefficient (Wildman–Crippen LogP) is 3.24. The van der Waals surface area contributed by atoms with Gasteiger partial charge in [0.15, 0.2) is 0 Å². The van der Waals surface area contributed by atoms with Crippen molar-refractivity contribution in [2.24, 2.45) is 5.73 Å². The normalized spacial score (nSPS) is 11.9. The molecule has 21 heavy (non-hydrogen) atoms. The molecule has 0 saturated heterocycles. The molecule has 2 rings (SSSR count). The number of hydrogen-bond acceptors (Lipinski definition) is 4. The van der Waals surface area contributed by atoms with Gasteiger partial charge in [-0.05, 0) is 31.0 Å². The summed E-state index contributed by atoms with van der Waals surface area (Å²) in [5.41, 5.74) is 7.84. The maximum atomic E-state index is 11.0. The van der Waals surface area contributed by atoms with E-state index in [-0.39, 0.29) is 16.7 Å². The molecule has 110 valence electrons. The molecule has 5 heteroatoms. The summed E-state index contributed by atoms with van der Waals surface area (Å²) in [5.74, 6) is 0.791. The molecule has 0 amide bonds. The average Bonchev–Trinajstić information content (AvgIpc) is 2.48. The molecule has 0 aliphatic rings. The molecule has 2 aromatic carbocycles. The highest BCUT2D eigenvalue weighted by Gasteiger charge is 2.16. The zero-order valence-electron chi connectivity index (χ0n) is 11.9. The molecule has 0 aliphatic carbocycles. The molecular weight excluding hydrogens is 268 g/mol. The van der Waals surface area contributed by atoms with E-state index in [2.05, 4.69) is 0 Å². The monoisotopic (exact) mass is 286 g/mol. The lowest BCUT2D eigenvalue weighted by atomic mass is 9.98. The van der Waals surface area contributed by atoms with Gasteiger partial charge >= 0.3 is 0 Å². The Bertz CT molecular complexity index is 611. The highest BCUT2D eigenvalue weighted by molar-refractivity contribution is 5.41. The first-order valence-electron chi connectivity index (χ1n) is 6.82. The summed E-state index contributed by atoms with van der Waals surface area (Å²) in [4.78, 5) is 10.6. The number of rotatable bonds is 6. The summed E-state index contributed by atoms with van der Waals surface area (Å²) >= 11 is 0. The Morgan fingerprint density at radius 2 is 1.86 bits per heavy atom. The van der Waals surface area contributed by atoms with Crippen LogP contribution in [0.3, 0.4) is 0 Å². The van der Waals surface area contributed by atoms with Gasteiger partial charge in [0.2, 0.25) is 0 Å². The van der Waals surface area contributed by atoms with Crippen molar-refractivity contribution in [2.75, 3.05) is 6.61 Å². The summed E-state index contributed by atoms with van der Waals surface area (Å²) in [6.45, 7) is 2.54. The predicted molar refractivity (Wildman–Crippen MR) is 81.3 cm³/mol. The number of nitro benzene ring substituents is 1. The second-order valence-corrected chi connectivity index (χ2v) is 4.70. The first-order chi connectivity index (χ1) is 10.1. The van der Waals surface area contributed by atoms with Crippen LogP contribution in [0.2, 0.25) is 0 Å². The molecule has 0 heterocycles. The van der Waals surface area contributed by atoms with Gasteiger partial charge in [-0.25, -0.2) is 0 Å². The minimum Gasteiger partial charge on any atom is -0.494 e. The maximum Gasteiger partial charge on any atom is 0.272 e. The van der Waals surface area contributed by atoms with E-state index in [1.807, 2.05) is 31.2 Å². The van der Waals surface area contributed by atoms with E-state index in [1.54, 1.807) is 18.2 Å². The molecule has 0 fully saturated rings. The van der Waals surface area contributed by atoms with Crippen molar-refractivity contribution >= 4 is 5.69 Å². The first kappa shape index (κ1) is 15.0. The number of nitrogens with zero attached hydrogens (tertiary/aromatic N) is 1. The van der Waals surface area contributed by atoms with Crippen LogP contribution in [0.15, 0.2) is 48.5 Å². The van der Waals surface area contributed by atoms with Crippen LogP contribution in [0.25, 0.3) is 0 Å². The van der Waals surface area contributed by atoms with Crippen molar-refractivity contribution in [1.82, 2.24) is 0 Å². The van der Waals surface area contributed by atoms with Gasteiger partial charge in [-0.3, -0.25) is 10.1 Å². The van der Waals surface area contributed by atoms with Gasteiger partial charge < -0.3 is 10.5 Å². The highest BCUT2D eigenvalue weighted by Crippen LogP contribution is 2.24. The van der Waals surface area contributed by atoms with E-state index in [0.29, 0.717) is 18.6 Å². The fraction of sp³-hybridized carbons (Fsp3) is 0.250. The van der Waals surface area contributed by atoms with Crippen molar-refractivity contribution in [3.63, 3.8) is 0 Å². The molecule has 0 radical (unpaired) electrons. The van der Waals surface area contributed by atoms with E-state index in [4.69, 9.17) is 10.5 Å². The number of hydrogen-bond donors (Lipinski definition) is 1. The van der Waals surface area contributed by atoms with Crippen LogP contribution >= 0.6 is 0 Å². The summed E-state index contributed by atoms with van der Waals surface area (Å²) in [7, 11) is 0. The highest BCUT2D eigenvalue weighted by atomic mass is 16.6. The van der Waals surface area contributed by atoms with Gasteiger partial charge in [-0.2, -0.15) is 0 Å². The van der Waals surface area contributed by atoms with Crippen LogP contribution in [-0.4, -0.2) is 11.5 Å². The van der Waals surface area contributed by atoms with Crippen LogP contribution in [-0.2, 0) is 6.42 Å². The molecule has 0 aromatic heterocycles. The van der Waals surface area contributed by atoms with E-state index in [0.717, 1.165) is 11.3 Å². The summed E-state index contributed by atoms with van der Waals surface area (Å²) in [5, 5.41) is 11.0. The lowest BCUT2D eigenvalue weighted by Crippen LogP contribution is -2.14. The first-order valence-corrected chi connectivity index (χ1v) is 6.82. The number of para-hydroxylation sites is 1. The molecule has 2 aromatic rings. The lowest BCUT2D eigenvalue weighted by molar-refractivity contribution is -0.385. The van der Waals surface area contributed by atoms with Gasteiger partial charge in [0.25, 0.3) is 5.69 Å². The maximum absolute atomic E-state index is 11.0. The molecule has 0 bridgehead atoms. The van der Waals surface area contributed by atoms with Gasteiger partial charge in [0.1, 0.15) is 5.75 Å². The zero-order chi connectivity index (χ0) is 15.2. The lowest BCUT2D eigenvalue weighted by Gasteiger charge is -2.13. The topological polar surface area (TPSA) is 78.4 Å². The van der Waals surface area contributed by atoms with E-state index in [1.165, 1.54) is 6.07 Å². The molecule has 1 atom stereocenters. The summed E-state index contributed by atoms with van der Waals surface area (Å²) in [6.07, 6.45) is 0.422. The Labute approximate surface area is 123 Å². The van der Waals surface area contributed by atoms with Gasteiger partial charge in [-0.15, -0.1) is 0 Å². The Balaban J connectivity index is 2.14. The molecule has 0 saturated carbocycles. The Morgan fingerprint density at radius 1 is 1.19 bits per heavy atom. The Kier molecular flexibility index (Phi) is 4.90. The third kappa shape index (κ3) is 3.79. The van der Waals surface area contributed by atoms with Crippen LogP contribution in [0, 0.1) is 10.1 Å². The van der Waals surface area contributed by atoms with Crippen molar-refractivity contribution in [1.29, 1.82) is 0 Å². The quantitative estimate of drug-likeness (QED) is 0.653. The smallest absolute Gasteiger partial charge is 0.272 e. The number of nitrogens with two attached hydrogens (primary N) is 1. The van der Waals surface area contributed by atoms with Crippen LogP contribution in [0.5, 0.6) is 5.75 Å². The van der Waals surface area contributed by atoms with Crippen LogP contribution < -0.4 is 10.5 Å². The minimum atomic E-state index is -0.375. The van der Waals surface area contributed by atoms with Crippen molar-refractivity contribution in [3.8, 4) is 5.75 Å². The van der Waals surface area contributed by atoms with E-state index < -0.39 is 0 Å². The Morgan fingerprint density at radius 3 is 2.48 bits per heavy atom. The fourth-order valence-electron chi connectivity index (χ4n) is 2.19. The number of nitro groups is 1. The molecular formula is C16H18N2O3. The SMILES string of the molecule is CCOc1ccc(C(N)Cc2ccccc2[N+](=O)[O-])cc1. The molecule has 2 N–H and O–H groups in total. The zero-order valence-corrected chi connectivity index (χ0v) is 11.9. The summed E-state index contributed by atoms with van der Waals surface area (Å²) < 4.78 is 5.38. The van der Waals surface area contributed by atoms with Crippen molar-refractivity contribution < 1.29 is 9.66 Å². The number of ether oxygens (including phenoxy) is 1. The molecule has 0 spiro atoms. The average molecular weight is 286 g/mol. The van der Waals surface area contributed by atoms with Crippen LogP contribution in [0.1, 0.15) is 24.1 Å². The largest absolute Gasteiger partial charge is 0.494 e. The van der Waals surface area contributed by atoms with Gasteiger partial charge in [0, 0.05) is 17.7 Å². The second kappa shape index (κ2) is 6.85. The Hall–Kier alpha value is -2.40. The third-order valence-corrected chi connectivity index (χ3v) is 3.25. The van der Waals surface area contributed by atoms with Crippen molar-refractivity contribution in [2.45, 2.75) is 19.4 Å². The van der Waals surface area contributed by atoms with Gasteiger partial charge in [0.05, 0.1) is 11.5 Å². The van der Waals surface area contributed by atoms with Gasteiger partial charge in [-0.1, -0.05) is 30.3 Å². The standard InChI is InChI=1S/C16H18N2O3/c1-2-21-14-9-7-12(8-10-14)15(17)11-13-5-3-4-6-16(13)18(19)20/h3-10,15H,2,11,17H2,1H3. The van der Waals surface area contributed by atoms with Crippen molar-refractivity contribution in [3.05, 3.63) is 69.8 Å². The minimum absolute atomic E-state index is 0.110. The second-order valence-electron chi connectivity index (χ2n) is 4.70. The van der Waals surface area contributed by atoms with E-state index >= 15 is 0 Å². The van der Waals surface area contributed by atoms with E-state index in [9.17, 15) is 10.1 Å². The molecule has 5 nitrogen and oxygen atoms in total. The summed E-state index contributed by atoms with van der Waals surface area (Å²) in [6, 6.07) is 13.9. The third-order valence-electron chi connectivity index (χ3n) is 3.25. The fourth-order valence-corrected chi connectivity index (χ4v) is 2.19. The van der Waals surface area contributed by atoms with Crippen LogP contribution in [0.4, 0.5) is 5.69 Å². The molecule has 1 unspecified atom stereocenters.